The zero-order chi connectivity index (χ0) is 17.9. The highest BCUT2D eigenvalue weighted by molar-refractivity contribution is 5.97. The molecular formula is C16H17FN4O3. The van der Waals surface area contributed by atoms with E-state index in [-0.39, 0.29) is 11.1 Å². The molecule has 7 nitrogen and oxygen atoms in total. The average Bonchev–Trinajstić information content (AvgIpc) is 2.51. The van der Waals surface area contributed by atoms with Gasteiger partial charge in [-0.3, -0.25) is 4.79 Å². The van der Waals surface area contributed by atoms with Gasteiger partial charge >= 0.3 is 5.97 Å². The largest absolute Gasteiger partial charge is 0.479 e. The van der Waals surface area contributed by atoms with Gasteiger partial charge in [-0.2, -0.15) is 0 Å². The Morgan fingerprint density at radius 2 is 2.04 bits per heavy atom. The Morgan fingerprint density at radius 3 is 2.58 bits per heavy atom. The van der Waals surface area contributed by atoms with Gasteiger partial charge < -0.3 is 15.3 Å². The van der Waals surface area contributed by atoms with E-state index < -0.39 is 23.7 Å². The van der Waals surface area contributed by atoms with Crippen LogP contribution in [0.5, 0.6) is 0 Å². The number of hydrogen-bond donors (Lipinski definition) is 2. The second kappa shape index (κ2) is 7.03. The number of carboxylic acid groups (broad SMARTS) is 1. The fourth-order valence-electron chi connectivity index (χ4n) is 2.08. The van der Waals surface area contributed by atoms with Crippen molar-refractivity contribution in [1.82, 2.24) is 15.3 Å². The summed E-state index contributed by atoms with van der Waals surface area (Å²) >= 11 is 0. The van der Waals surface area contributed by atoms with Crippen LogP contribution in [-0.4, -0.2) is 41.0 Å². The molecule has 0 saturated heterocycles. The fourth-order valence-corrected chi connectivity index (χ4v) is 2.08. The molecule has 24 heavy (non-hydrogen) atoms. The third kappa shape index (κ3) is 3.83. The molecule has 0 bridgehead atoms. The molecule has 2 rings (SSSR count). The molecule has 1 aromatic carbocycles. The highest BCUT2D eigenvalue weighted by Gasteiger charge is 2.24. The Kier molecular flexibility index (Phi) is 5.08. The van der Waals surface area contributed by atoms with Gasteiger partial charge in [0.1, 0.15) is 5.82 Å². The molecule has 0 aliphatic heterocycles. The van der Waals surface area contributed by atoms with E-state index in [0.717, 1.165) is 6.07 Å². The Bertz CT molecular complexity index is 780. The molecule has 8 heteroatoms. The molecule has 126 valence electrons. The number of anilines is 1. The predicted molar refractivity (Wildman–Crippen MR) is 85.3 cm³/mol. The molecule has 1 atom stereocenters. The van der Waals surface area contributed by atoms with Gasteiger partial charge in [0.2, 0.25) is 5.95 Å². The van der Waals surface area contributed by atoms with Gasteiger partial charge in [-0.1, -0.05) is 12.1 Å². The summed E-state index contributed by atoms with van der Waals surface area (Å²) in [5.41, 5.74) is 0.706. The number of carboxylic acids is 1. The maximum atomic E-state index is 13.3. The molecule has 0 aliphatic rings. The monoisotopic (exact) mass is 332 g/mol. The van der Waals surface area contributed by atoms with Crippen LogP contribution < -0.4 is 10.2 Å². The molecule has 0 radical (unpaired) electrons. The Hall–Kier alpha value is -3.03. The Morgan fingerprint density at radius 1 is 1.33 bits per heavy atom. The number of hydrogen-bond acceptors (Lipinski definition) is 5. The smallest absolute Gasteiger partial charge is 0.330 e. The van der Waals surface area contributed by atoms with E-state index in [1.54, 1.807) is 25.9 Å². The normalized spacial score (nSPS) is 11.7. The van der Waals surface area contributed by atoms with Crippen LogP contribution in [0.2, 0.25) is 0 Å². The van der Waals surface area contributed by atoms with Crippen LogP contribution >= 0.6 is 0 Å². The van der Waals surface area contributed by atoms with Gasteiger partial charge in [0, 0.05) is 20.3 Å². The van der Waals surface area contributed by atoms with Crippen LogP contribution in [0.4, 0.5) is 10.3 Å². The molecule has 0 saturated carbocycles. The van der Waals surface area contributed by atoms with Crippen molar-refractivity contribution in [3.8, 4) is 0 Å². The maximum absolute atomic E-state index is 13.3. The Labute approximate surface area is 138 Å². The number of amides is 1. The van der Waals surface area contributed by atoms with E-state index in [1.165, 1.54) is 24.4 Å². The molecule has 0 fully saturated rings. The second-order valence-corrected chi connectivity index (χ2v) is 5.36. The molecule has 0 spiro atoms. The summed E-state index contributed by atoms with van der Waals surface area (Å²) in [6.07, 6.45) is 1.33. The number of aliphatic carboxylic acids is 1. The van der Waals surface area contributed by atoms with Gasteiger partial charge in [0.05, 0.1) is 11.3 Å². The van der Waals surface area contributed by atoms with E-state index in [0.29, 0.717) is 11.6 Å². The SMILES string of the molecule is Cc1nc(N(C)C)ncc1C(=O)N[C@H](C(=O)O)c1cccc(F)c1. The number of carbonyl (C=O) groups is 2. The molecule has 2 N–H and O–H groups in total. The van der Waals surface area contributed by atoms with Crippen LogP contribution in [0.15, 0.2) is 30.5 Å². The lowest BCUT2D eigenvalue weighted by Crippen LogP contribution is -2.34. The number of halogens is 1. The highest BCUT2D eigenvalue weighted by atomic mass is 19.1. The first-order valence-corrected chi connectivity index (χ1v) is 7.09. The van der Waals surface area contributed by atoms with Crippen molar-refractivity contribution in [2.45, 2.75) is 13.0 Å². The third-order valence-corrected chi connectivity index (χ3v) is 3.32. The number of nitrogens with one attached hydrogen (secondary N) is 1. The molecule has 2 aromatic rings. The summed E-state index contributed by atoms with van der Waals surface area (Å²) in [6.45, 7) is 1.63. The van der Waals surface area contributed by atoms with Gasteiger partial charge in [-0.25, -0.2) is 19.2 Å². The van der Waals surface area contributed by atoms with Crippen molar-refractivity contribution >= 4 is 17.8 Å². The predicted octanol–water partition coefficient (Wildman–Crippen LogP) is 1.55. The van der Waals surface area contributed by atoms with Crippen molar-refractivity contribution in [1.29, 1.82) is 0 Å². The Balaban J connectivity index is 2.27. The van der Waals surface area contributed by atoms with Crippen LogP contribution in [0.1, 0.15) is 27.7 Å². The lowest BCUT2D eigenvalue weighted by atomic mass is 10.1. The molecular weight excluding hydrogens is 315 g/mol. The van der Waals surface area contributed by atoms with E-state index in [9.17, 15) is 19.1 Å². The third-order valence-electron chi connectivity index (χ3n) is 3.32. The number of carbonyl (C=O) groups excluding carboxylic acids is 1. The zero-order valence-corrected chi connectivity index (χ0v) is 13.4. The van der Waals surface area contributed by atoms with Crippen molar-refractivity contribution in [3.05, 3.63) is 53.1 Å². The fraction of sp³-hybridized carbons (Fsp3) is 0.250. The van der Waals surface area contributed by atoms with Crippen LogP contribution in [0, 0.1) is 12.7 Å². The van der Waals surface area contributed by atoms with Gasteiger partial charge in [0.25, 0.3) is 5.91 Å². The minimum absolute atomic E-state index is 0.138. The summed E-state index contributed by atoms with van der Waals surface area (Å²) in [5, 5.41) is 11.7. The topological polar surface area (TPSA) is 95.4 Å². The number of aromatic nitrogens is 2. The standard InChI is InChI=1S/C16H17FN4O3/c1-9-12(8-18-16(19-9)21(2)3)14(22)20-13(15(23)24)10-5-4-6-11(17)7-10/h4-8,13H,1-3H3,(H,20,22)(H,23,24)/t13-/m0/s1. The molecule has 0 unspecified atom stereocenters. The molecule has 1 heterocycles. The lowest BCUT2D eigenvalue weighted by Gasteiger charge is -2.16. The number of rotatable bonds is 5. The number of benzene rings is 1. The van der Waals surface area contributed by atoms with Crippen molar-refractivity contribution in [2.75, 3.05) is 19.0 Å². The van der Waals surface area contributed by atoms with Crippen LogP contribution in [0.3, 0.4) is 0 Å². The second-order valence-electron chi connectivity index (χ2n) is 5.36. The van der Waals surface area contributed by atoms with Gasteiger partial charge in [-0.05, 0) is 24.6 Å². The molecule has 0 aliphatic carbocycles. The first-order valence-electron chi connectivity index (χ1n) is 7.09. The quantitative estimate of drug-likeness (QED) is 0.862. The number of nitrogens with zero attached hydrogens (tertiary/aromatic N) is 3. The van der Waals surface area contributed by atoms with Crippen molar-refractivity contribution in [2.24, 2.45) is 0 Å². The van der Waals surface area contributed by atoms with Crippen molar-refractivity contribution in [3.63, 3.8) is 0 Å². The summed E-state index contributed by atoms with van der Waals surface area (Å²) < 4.78 is 13.3. The zero-order valence-electron chi connectivity index (χ0n) is 13.4. The van der Waals surface area contributed by atoms with E-state index in [1.807, 2.05) is 0 Å². The minimum atomic E-state index is -1.37. The summed E-state index contributed by atoms with van der Waals surface area (Å²) in [7, 11) is 3.53. The van der Waals surface area contributed by atoms with Crippen LogP contribution in [-0.2, 0) is 4.79 Å². The first-order chi connectivity index (χ1) is 11.3. The maximum Gasteiger partial charge on any atom is 0.330 e. The minimum Gasteiger partial charge on any atom is -0.479 e. The summed E-state index contributed by atoms with van der Waals surface area (Å²) in [6, 6.07) is 3.70. The average molecular weight is 332 g/mol. The van der Waals surface area contributed by atoms with E-state index in [2.05, 4.69) is 15.3 Å². The van der Waals surface area contributed by atoms with Gasteiger partial charge in [-0.15, -0.1) is 0 Å². The van der Waals surface area contributed by atoms with E-state index >= 15 is 0 Å². The lowest BCUT2D eigenvalue weighted by molar-refractivity contribution is -0.139. The molecule has 1 amide bonds. The number of aryl methyl sites for hydroxylation is 1. The van der Waals surface area contributed by atoms with Gasteiger partial charge in [0.15, 0.2) is 6.04 Å². The van der Waals surface area contributed by atoms with Crippen LogP contribution in [0.25, 0.3) is 0 Å². The van der Waals surface area contributed by atoms with Crippen molar-refractivity contribution < 1.29 is 19.1 Å². The van der Waals surface area contributed by atoms with E-state index in [4.69, 9.17) is 0 Å². The first kappa shape index (κ1) is 17.3. The molecule has 1 aromatic heterocycles. The summed E-state index contributed by atoms with van der Waals surface area (Å²) in [4.78, 5) is 33.7. The summed E-state index contributed by atoms with van der Waals surface area (Å²) in [5.74, 6) is -2.08. The highest BCUT2D eigenvalue weighted by Crippen LogP contribution is 2.16.